The molecule has 2 N–H and O–H groups in total. The molecule has 0 aliphatic carbocycles. The smallest absolute Gasteiger partial charge is 0.244 e. The van der Waals surface area contributed by atoms with Gasteiger partial charge < -0.3 is 10.6 Å². The molecule has 0 bridgehead atoms. The topological polar surface area (TPSA) is 46.3 Å². The van der Waals surface area contributed by atoms with E-state index in [1.165, 1.54) is 17.2 Å². The number of primary amides is 1. The van der Waals surface area contributed by atoms with Crippen LogP contribution in [0.15, 0.2) is 72.8 Å². The van der Waals surface area contributed by atoms with E-state index in [4.69, 9.17) is 5.73 Å². The first kappa shape index (κ1) is 20.6. The second-order valence-electron chi connectivity index (χ2n) is 7.43. The summed E-state index contributed by atoms with van der Waals surface area (Å²) >= 11 is 0. The van der Waals surface area contributed by atoms with E-state index in [0.717, 1.165) is 24.1 Å². The van der Waals surface area contributed by atoms with E-state index in [9.17, 15) is 9.18 Å². The number of rotatable bonds is 8. The van der Waals surface area contributed by atoms with Gasteiger partial charge in [0.2, 0.25) is 5.91 Å². The molecule has 1 unspecified atom stereocenters. The van der Waals surface area contributed by atoms with Crippen molar-refractivity contribution in [3.8, 4) is 0 Å². The number of nitrogens with zero attached hydrogens (tertiary/aromatic N) is 1. The van der Waals surface area contributed by atoms with E-state index in [1.807, 2.05) is 35.2 Å². The molecule has 29 heavy (non-hydrogen) atoms. The first-order chi connectivity index (χ1) is 14.0. The highest BCUT2D eigenvalue weighted by Gasteiger charge is 2.26. The van der Waals surface area contributed by atoms with Gasteiger partial charge in [0.25, 0.3) is 0 Å². The van der Waals surface area contributed by atoms with Gasteiger partial charge in [-0.3, -0.25) is 4.79 Å². The molecule has 0 aliphatic rings. The van der Waals surface area contributed by atoms with Gasteiger partial charge in [0.15, 0.2) is 0 Å². The standard InChI is InChI=1S/C25H27FN2O/c1-18-10-12-20(13-11-18)7-6-16-28(22-14-15-23(26)19(2)17-22)24(25(27)29)21-8-4-3-5-9-21/h3-5,8-15,17,24H,6-7,16H2,1-2H3,(H2,27,29). The number of benzene rings is 3. The predicted octanol–water partition coefficient (Wildman–Crippen LogP) is 5.11. The zero-order chi connectivity index (χ0) is 20.8. The third-order valence-corrected chi connectivity index (χ3v) is 5.15. The number of halogens is 1. The maximum Gasteiger partial charge on any atom is 0.244 e. The SMILES string of the molecule is Cc1ccc(CCCN(c2ccc(F)c(C)c2)C(C(N)=O)c2ccccc2)cc1. The maximum atomic E-state index is 13.8. The lowest BCUT2D eigenvalue weighted by atomic mass is 10.0. The van der Waals surface area contributed by atoms with E-state index >= 15 is 0 Å². The van der Waals surface area contributed by atoms with E-state index in [-0.39, 0.29) is 5.82 Å². The minimum absolute atomic E-state index is 0.260. The molecule has 150 valence electrons. The van der Waals surface area contributed by atoms with Crippen molar-refractivity contribution in [3.05, 3.63) is 101 Å². The van der Waals surface area contributed by atoms with Crippen LogP contribution in [0.4, 0.5) is 10.1 Å². The number of hydrogen-bond donors (Lipinski definition) is 1. The van der Waals surface area contributed by atoms with Crippen molar-refractivity contribution in [2.75, 3.05) is 11.4 Å². The average molecular weight is 391 g/mol. The van der Waals surface area contributed by atoms with Crippen LogP contribution in [0.2, 0.25) is 0 Å². The summed E-state index contributed by atoms with van der Waals surface area (Å²) in [4.78, 5) is 14.4. The van der Waals surface area contributed by atoms with Crippen LogP contribution in [0.5, 0.6) is 0 Å². The molecule has 0 spiro atoms. The monoisotopic (exact) mass is 390 g/mol. The normalized spacial score (nSPS) is 11.8. The summed E-state index contributed by atoms with van der Waals surface area (Å²) in [5.41, 5.74) is 10.5. The largest absolute Gasteiger partial charge is 0.368 e. The summed E-state index contributed by atoms with van der Waals surface area (Å²) in [5.74, 6) is -0.683. The minimum atomic E-state index is -0.612. The van der Waals surface area contributed by atoms with Gasteiger partial charge in [-0.25, -0.2) is 4.39 Å². The van der Waals surface area contributed by atoms with Crippen molar-refractivity contribution >= 4 is 11.6 Å². The molecule has 3 rings (SSSR count). The lowest BCUT2D eigenvalue weighted by Gasteiger charge is -2.32. The molecule has 0 aliphatic heterocycles. The van der Waals surface area contributed by atoms with Crippen molar-refractivity contribution in [2.24, 2.45) is 5.73 Å². The van der Waals surface area contributed by atoms with Gasteiger partial charge in [0, 0.05) is 12.2 Å². The molecule has 1 atom stereocenters. The number of anilines is 1. The van der Waals surface area contributed by atoms with Crippen molar-refractivity contribution in [1.82, 2.24) is 0 Å². The molecule has 3 aromatic carbocycles. The van der Waals surface area contributed by atoms with Gasteiger partial charge in [0.05, 0.1) is 0 Å². The summed E-state index contributed by atoms with van der Waals surface area (Å²) in [6, 6.07) is 22.3. The molecule has 0 saturated heterocycles. The average Bonchev–Trinajstić information content (AvgIpc) is 2.71. The van der Waals surface area contributed by atoms with Crippen LogP contribution in [0, 0.1) is 19.7 Å². The Morgan fingerprint density at radius 3 is 2.31 bits per heavy atom. The molecule has 4 heteroatoms. The molecule has 3 aromatic rings. The van der Waals surface area contributed by atoms with Crippen LogP contribution < -0.4 is 10.6 Å². The Morgan fingerprint density at radius 2 is 1.69 bits per heavy atom. The Hall–Kier alpha value is -3.14. The van der Waals surface area contributed by atoms with Crippen LogP contribution in [0.3, 0.4) is 0 Å². The van der Waals surface area contributed by atoms with E-state index in [0.29, 0.717) is 12.1 Å². The quantitative estimate of drug-likeness (QED) is 0.581. The van der Waals surface area contributed by atoms with Crippen LogP contribution in [0.1, 0.15) is 34.7 Å². The Morgan fingerprint density at radius 1 is 1.00 bits per heavy atom. The number of carbonyl (C=O) groups excluding carboxylic acids is 1. The highest BCUT2D eigenvalue weighted by atomic mass is 19.1. The first-order valence-corrected chi connectivity index (χ1v) is 9.88. The first-order valence-electron chi connectivity index (χ1n) is 9.88. The molecule has 0 heterocycles. The van der Waals surface area contributed by atoms with Crippen molar-refractivity contribution in [2.45, 2.75) is 32.7 Å². The third kappa shape index (κ3) is 5.23. The summed E-state index contributed by atoms with van der Waals surface area (Å²) in [7, 11) is 0. The zero-order valence-electron chi connectivity index (χ0n) is 16.9. The van der Waals surface area contributed by atoms with Gasteiger partial charge in [0.1, 0.15) is 11.9 Å². The van der Waals surface area contributed by atoms with Crippen molar-refractivity contribution in [3.63, 3.8) is 0 Å². The summed E-state index contributed by atoms with van der Waals surface area (Å²) < 4.78 is 13.8. The molecule has 1 amide bonds. The van der Waals surface area contributed by atoms with Gasteiger partial charge in [-0.05, 0) is 61.6 Å². The van der Waals surface area contributed by atoms with E-state index in [2.05, 4.69) is 31.2 Å². The second-order valence-corrected chi connectivity index (χ2v) is 7.43. The van der Waals surface area contributed by atoms with Crippen LogP contribution in [-0.4, -0.2) is 12.5 Å². The fourth-order valence-corrected chi connectivity index (χ4v) is 3.56. The van der Waals surface area contributed by atoms with Gasteiger partial charge >= 0.3 is 0 Å². The number of aryl methyl sites for hydroxylation is 3. The number of nitrogens with two attached hydrogens (primary N) is 1. The molecule has 3 nitrogen and oxygen atoms in total. The van der Waals surface area contributed by atoms with Crippen molar-refractivity contribution in [1.29, 1.82) is 0 Å². The highest BCUT2D eigenvalue weighted by Crippen LogP contribution is 2.29. The summed E-state index contributed by atoms with van der Waals surface area (Å²) in [5, 5.41) is 0. The van der Waals surface area contributed by atoms with E-state index < -0.39 is 11.9 Å². The summed E-state index contributed by atoms with van der Waals surface area (Å²) in [6.45, 7) is 4.42. The van der Waals surface area contributed by atoms with Crippen LogP contribution in [0.25, 0.3) is 0 Å². The Kier molecular flexibility index (Phi) is 6.65. The van der Waals surface area contributed by atoms with Crippen LogP contribution >= 0.6 is 0 Å². The fourth-order valence-electron chi connectivity index (χ4n) is 3.56. The Labute approximate surface area is 172 Å². The van der Waals surface area contributed by atoms with E-state index in [1.54, 1.807) is 19.1 Å². The molecule has 0 aromatic heterocycles. The Bertz CT molecular complexity index is 954. The van der Waals surface area contributed by atoms with Crippen LogP contribution in [-0.2, 0) is 11.2 Å². The van der Waals surface area contributed by atoms with Gasteiger partial charge in [-0.1, -0.05) is 60.2 Å². The molecular formula is C25H27FN2O. The number of hydrogen-bond acceptors (Lipinski definition) is 2. The maximum absolute atomic E-state index is 13.8. The molecule has 0 fully saturated rings. The predicted molar refractivity (Wildman–Crippen MR) is 116 cm³/mol. The van der Waals surface area contributed by atoms with Gasteiger partial charge in [-0.15, -0.1) is 0 Å². The Balaban J connectivity index is 1.88. The highest BCUT2D eigenvalue weighted by molar-refractivity contribution is 5.85. The third-order valence-electron chi connectivity index (χ3n) is 5.15. The fraction of sp³-hybridized carbons (Fsp3) is 0.240. The zero-order valence-corrected chi connectivity index (χ0v) is 16.9. The second kappa shape index (κ2) is 9.37. The minimum Gasteiger partial charge on any atom is -0.368 e. The molecule has 0 saturated carbocycles. The lowest BCUT2D eigenvalue weighted by Crippen LogP contribution is -2.39. The lowest BCUT2D eigenvalue weighted by molar-refractivity contribution is -0.119. The van der Waals surface area contributed by atoms with Gasteiger partial charge in [-0.2, -0.15) is 0 Å². The number of amides is 1. The number of carbonyl (C=O) groups is 1. The van der Waals surface area contributed by atoms with Crippen molar-refractivity contribution < 1.29 is 9.18 Å². The molecule has 0 radical (unpaired) electrons. The summed E-state index contributed by atoms with van der Waals surface area (Å²) in [6.07, 6.45) is 1.73. The molecular weight excluding hydrogens is 363 g/mol.